The Morgan fingerprint density at radius 2 is 1.58 bits per heavy atom. The van der Waals surface area contributed by atoms with Gasteiger partial charge in [-0.05, 0) is 120 Å². The molecule has 0 radical (unpaired) electrons. The van der Waals surface area contributed by atoms with Gasteiger partial charge in [0.1, 0.15) is 0 Å². The molecule has 0 amide bonds. The van der Waals surface area contributed by atoms with Gasteiger partial charge < -0.3 is 13.6 Å². The van der Waals surface area contributed by atoms with Crippen LogP contribution in [0.4, 0.5) is 0 Å². The standard InChI is InChI=1S/C30H50O6Si2/c1-20(31)35-30(26(33)19-34-37(5,6)7)16-13-24-22-18-29(4,36-38(8,9)10)25-17-21(32)11-14-27(25,2)23(22)12-15-28(24,30)3/h17,22-24H,11-16,18-19H2,1-10H3/t22-,23+,24+,27-,28+,29?,30+/m1/s1. The van der Waals surface area contributed by atoms with Crippen LogP contribution in [0.2, 0.25) is 39.3 Å². The number of hydrogen-bond acceptors (Lipinski definition) is 6. The van der Waals surface area contributed by atoms with Gasteiger partial charge >= 0.3 is 5.97 Å². The fourth-order valence-electron chi connectivity index (χ4n) is 9.08. The van der Waals surface area contributed by atoms with E-state index in [2.05, 4.69) is 60.1 Å². The molecule has 1 unspecified atom stereocenters. The lowest BCUT2D eigenvalue weighted by Gasteiger charge is -2.63. The molecule has 3 fully saturated rings. The van der Waals surface area contributed by atoms with Crippen molar-refractivity contribution in [3.05, 3.63) is 11.6 Å². The highest BCUT2D eigenvalue weighted by atomic mass is 28.4. The van der Waals surface area contributed by atoms with Crippen molar-refractivity contribution in [1.82, 2.24) is 0 Å². The molecule has 6 nitrogen and oxygen atoms in total. The highest BCUT2D eigenvalue weighted by Gasteiger charge is 2.70. The first-order valence-corrected chi connectivity index (χ1v) is 21.4. The lowest BCUT2D eigenvalue weighted by Crippen LogP contribution is -2.63. The summed E-state index contributed by atoms with van der Waals surface area (Å²) in [5.74, 6) is 0.717. The van der Waals surface area contributed by atoms with Crippen LogP contribution < -0.4 is 0 Å². The molecule has 0 saturated heterocycles. The van der Waals surface area contributed by atoms with E-state index in [0.717, 1.165) is 32.1 Å². The summed E-state index contributed by atoms with van der Waals surface area (Å²) in [6.45, 7) is 21.1. The average Bonchev–Trinajstić information content (AvgIpc) is 3.04. The molecule has 0 bridgehead atoms. The van der Waals surface area contributed by atoms with Crippen LogP contribution >= 0.6 is 0 Å². The Bertz CT molecular complexity index is 1040. The van der Waals surface area contributed by atoms with Gasteiger partial charge in [-0.15, -0.1) is 0 Å². The molecule has 0 N–H and O–H groups in total. The van der Waals surface area contributed by atoms with Gasteiger partial charge in [-0.25, -0.2) is 0 Å². The van der Waals surface area contributed by atoms with E-state index < -0.39 is 39.2 Å². The molecular weight excluding hydrogens is 512 g/mol. The number of fused-ring (bicyclic) bond motifs is 5. The average molecular weight is 563 g/mol. The summed E-state index contributed by atoms with van der Waals surface area (Å²) >= 11 is 0. The summed E-state index contributed by atoms with van der Waals surface area (Å²) < 4.78 is 19.2. The minimum Gasteiger partial charge on any atom is -0.451 e. The van der Waals surface area contributed by atoms with Crippen LogP contribution in [0.25, 0.3) is 0 Å². The van der Waals surface area contributed by atoms with Crippen molar-refractivity contribution in [3.63, 3.8) is 0 Å². The molecule has 4 aliphatic rings. The maximum absolute atomic E-state index is 14.0. The van der Waals surface area contributed by atoms with Gasteiger partial charge in [0.05, 0.1) is 12.2 Å². The van der Waals surface area contributed by atoms with Gasteiger partial charge in [0.2, 0.25) is 5.78 Å². The molecule has 7 atom stereocenters. The molecule has 38 heavy (non-hydrogen) atoms. The van der Waals surface area contributed by atoms with Crippen LogP contribution in [0.1, 0.15) is 72.6 Å². The van der Waals surface area contributed by atoms with E-state index in [0.29, 0.717) is 24.7 Å². The van der Waals surface area contributed by atoms with E-state index in [1.807, 2.05) is 6.08 Å². The minimum absolute atomic E-state index is 0.00255. The summed E-state index contributed by atoms with van der Waals surface area (Å²) in [6.07, 6.45) is 7.37. The van der Waals surface area contributed by atoms with E-state index in [-0.39, 0.29) is 29.5 Å². The molecule has 0 aromatic carbocycles. The molecule has 214 valence electrons. The second kappa shape index (κ2) is 9.49. The number of ether oxygens (including phenoxy) is 1. The topological polar surface area (TPSA) is 78.9 Å². The van der Waals surface area contributed by atoms with Crippen molar-refractivity contribution >= 4 is 34.2 Å². The highest BCUT2D eigenvalue weighted by molar-refractivity contribution is 6.70. The first kappa shape index (κ1) is 29.9. The fraction of sp³-hybridized carbons (Fsp3) is 0.833. The van der Waals surface area contributed by atoms with E-state index in [9.17, 15) is 14.4 Å². The van der Waals surface area contributed by atoms with E-state index in [1.54, 1.807) is 0 Å². The number of rotatable bonds is 7. The number of hydrogen-bond donors (Lipinski definition) is 0. The smallest absolute Gasteiger partial charge is 0.303 e. The zero-order valence-electron chi connectivity index (χ0n) is 25.4. The summed E-state index contributed by atoms with van der Waals surface area (Å²) in [6, 6.07) is 0. The second-order valence-electron chi connectivity index (χ2n) is 15.2. The molecular formula is C30H50O6Si2. The molecule has 0 spiro atoms. The van der Waals surface area contributed by atoms with Crippen molar-refractivity contribution in [2.24, 2.45) is 28.6 Å². The number of Topliss-reactive ketones (excluding diaryl/α,β-unsaturated/α-hetero) is 1. The van der Waals surface area contributed by atoms with Gasteiger partial charge in [0.25, 0.3) is 0 Å². The molecule has 8 heteroatoms. The van der Waals surface area contributed by atoms with Crippen molar-refractivity contribution < 1.29 is 28.0 Å². The Morgan fingerprint density at radius 3 is 2.16 bits per heavy atom. The molecule has 0 aliphatic heterocycles. The second-order valence-corrected chi connectivity index (χ2v) is 24.2. The molecule has 3 saturated carbocycles. The monoisotopic (exact) mass is 562 g/mol. The number of esters is 1. The normalized spacial score (nSPS) is 41.1. The van der Waals surface area contributed by atoms with Crippen LogP contribution in [0.15, 0.2) is 11.6 Å². The van der Waals surface area contributed by atoms with E-state index in [1.165, 1.54) is 12.5 Å². The third-order valence-electron chi connectivity index (χ3n) is 10.3. The maximum atomic E-state index is 14.0. The zero-order chi connectivity index (χ0) is 28.5. The molecule has 0 aromatic heterocycles. The van der Waals surface area contributed by atoms with Gasteiger partial charge in [0, 0.05) is 18.8 Å². The highest BCUT2D eigenvalue weighted by Crippen LogP contribution is 2.70. The SMILES string of the molecule is CC(=O)O[C@]1(C(=O)CO[Si](C)(C)C)CC[C@H]2[C@@H]3CC(C)(O[Si](C)(C)C)C4=CC(=O)CC[C@]4(C)[C@H]3CC[C@@]21C. The summed E-state index contributed by atoms with van der Waals surface area (Å²) in [5, 5.41) is 0. The first-order valence-electron chi connectivity index (χ1n) is 14.6. The fourth-order valence-corrected chi connectivity index (χ4v) is 11.2. The Kier molecular flexibility index (Phi) is 7.46. The molecule has 4 rings (SSSR count). The lowest BCUT2D eigenvalue weighted by molar-refractivity contribution is -0.192. The number of carbonyl (C=O) groups excluding carboxylic acids is 3. The van der Waals surface area contributed by atoms with Gasteiger partial charge in [-0.3, -0.25) is 14.4 Å². The Labute approximate surface area is 231 Å². The third-order valence-corrected chi connectivity index (χ3v) is 12.4. The number of carbonyl (C=O) groups is 3. The van der Waals surface area contributed by atoms with E-state index in [4.69, 9.17) is 13.6 Å². The summed E-state index contributed by atoms with van der Waals surface area (Å²) in [7, 11) is -3.87. The van der Waals surface area contributed by atoms with E-state index >= 15 is 0 Å². The molecule has 0 heterocycles. The van der Waals surface area contributed by atoms with Crippen LogP contribution in [0, 0.1) is 28.6 Å². The predicted octanol–water partition coefficient (Wildman–Crippen LogP) is 6.46. The van der Waals surface area contributed by atoms with Crippen molar-refractivity contribution in [2.75, 3.05) is 6.61 Å². The largest absolute Gasteiger partial charge is 0.451 e. The quantitative estimate of drug-likeness (QED) is 0.262. The predicted molar refractivity (Wildman–Crippen MR) is 154 cm³/mol. The summed E-state index contributed by atoms with van der Waals surface area (Å²) in [4.78, 5) is 39.1. The van der Waals surface area contributed by atoms with Gasteiger partial charge in [-0.2, -0.15) is 0 Å². The van der Waals surface area contributed by atoms with Crippen LogP contribution in [0.3, 0.4) is 0 Å². The van der Waals surface area contributed by atoms with Gasteiger partial charge in [-0.1, -0.05) is 13.8 Å². The molecule has 4 aliphatic carbocycles. The Morgan fingerprint density at radius 1 is 0.947 bits per heavy atom. The maximum Gasteiger partial charge on any atom is 0.303 e. The minimum atomic E-state index is -1.94. The van der Waals surface area contributed by atoms with Crippen LogP contribution in [-0.4, -0.2) is 52.0 Å². The molecule has 0 aromatic rings. The Hall–Kier alpha value is -1.10. The first-order chi connectivity index (χ1) is 17.3. The Balaban J connectivity index is 1.77. The lowest BCUT2D eigenvalue weighted by atomic mass is 9.44. The van der Waals surface area contributed by atoms with Crippen molar-refractivity contribution in [2.45, 2.75) is 123 Å². The third kappa shape index (κ3) is 4.96. The number of ketones is 2. The van der Waals surface area contributed by atoms with Crippen molar-refractivity contribution in [3.8, 4) is 0 Å². The van der Waals surface area contributed by atoms with Gasteiger partial charge in [0.15, 0.2) is 28.0 Å². The van der Waals surface area contributed by atoms with Crippen LogP contribution in [0.5, 0.6) is 0 Å². The van der Waals surface area contributed by atoms with Crippen LogP contribution in [-0.2, 0) is 28.0 Å². The zero-order valence-corrected chi connectivity index (χ0v) is 27.4. The summed E-state index contributed by atoms with van der Waals surface area (Å²) in [5.41, 5.74) is -1.03. The van der Waals surface area contributed by atoms with Crippen molar-refractivity contribution in [1.29, 1.82) is 0 Å².